The van der Waals surface area contributed by atoms with Crippen molar-refractivity contribution in [2.24, 2.45) is 5.41 Å². The Hall–Kier alpha value is -0.890. The first kappa shape index (κ1) is 19.4. The summed E-state index contributed by atoms with van der Waals surface area (Å²) in [5, 5.41) is 0. The monoisotopic (exact) mass is 398 g/mol. The molecule has 0 bridgehead atoms. The Balaban J connectivity index is 1.25. The maximum Gasteiger partial charge on any atom is 0.387 e. The maximum atomic E-state index is 12.2. The summed E-state index contributed by atoms with van der Waals surface area (Å²) >= 11 is 1.73. The van der Waals surface area contributed by atoms with Gasteiger partial charge in [-0.2, -0.15) is 8.78 Å². The number of piperidine rings is 1. The highest BCUT2D eigenvalue weighted by atomic mass is 32.2. The smallest absolute Gasteiger partial charge is 0.387 e. The molecule has 1 aromatic rings. The summed E-state index contributed by atoms with van der Waals surface area (Å²) in [6.45, 7) is 3.37. The molecule has 1 atom stereocenters. The van der Waals surface area contributed by atoms with Crippen molar-refractivity contribution in [1.82, 2.24) is 9.21 Å². The first-order chi connectivity index (χ1) is 13.1. The Morgan fingerprint density at radius 3 is 2.41 bits per heavy atom. The van der Waals surface area contributed by atoms with Crippen LogP contribution in [-0.2, 0) is 4.74 Å². The molecule has 150 valence electrons. The van der Waals surface area contributed by atoms with Gasteiger partial charge in [-0.15, -0.1) is 0 Å². The third-order valence-electron chi connectivity index (χ3n) is 6.31. The van der Waals surface area contributed by atoms with Gasteiger partial charge in [0.15, 0.2) is 0 Å². The first-order valence-electron chi connectivity index (χ1n) is 9.92. The summed E-state index contributed by atoms with van der Waals surface area (Å²) in [4.78, 5) is 3.72. The van der Waals surface area contributed by atoms with Crippen LogP contribution in [0.3, 0.4) is 0 Å². The summed E-state index contributed by atoms with van der Waals surface area (Å²) in [5.74, 6) is 0.215. The van der Waals surface area contributed by atoms with Crippen LogP contribution in [0.5, 0.6) is 5.75 Å². The second kappa shape index (κ2) is 8.64. The highest BCUT2D eigenvalue weighted by Gasteiger charge is 2.43. The molecule has 4 nitrogen and oxygen atoms in total. The number of benzene rings is 1. The van der Waals surface area contributed by atoms with Crippen molar-refractivity contribution in [3.8, 4) is 5.75 Å². The fraction of sp³-hybridized carbons (Fsp3) is 0.700. The zero-order chi connectivity index (χ0) is 18.7. The summed E-state index contributed by atoms with van der Waals surface area (Å²) in [6, 6.07) is 7.69. The van der Waals surface area contributed by atoms with Crippen LogP contribution >= 0.6 is 11.9 Å². The Labute approximate surface area is 164 Å². The van der Waals surface area contributed by atoms with Gasteiger partial charge in [-0.05, 0) is 73.7 Å². The molecule has 1 aliphatic carbocycles. The van der Waals surface area contributed by atoms with Crippen molar-refractivity contribution >= 4 is 11.9 Å². The normalized spacial score (nSPS) is 26.7. The summed E-state index contributed by atoms with van der Waals surface area (Å²) in [7, 11) is 0. The van der Waals surface area contributed by atoms with E-state index in [1.54, 1.807) is 24.1 Å². The average molecular weight is 399 g/mol. The number of ether oxygens (including phenoxy) is 2. The lowest BCUT2D eigenvalue weighted by Gasteiger charge is -2.40. The molecule has 27 heavy (non-hydrogen) atoms. The van der Waals surface area contributed by atoms with Crippen molar-refractivity contribution in [1.29, 1.82) is 0 Å². The molecule has 1 spiro atoms. The van der Waals surface area contributed by atoms with Gasteiger partial charge in [0.1, 0.15) is 5.75 Å². The van der Waals surface area contributed by atoms with Crippen LogP contribution in [0.15, 0.2) is 29.2 Å². The van der Waals surface area contributed by atoms with Crippen LogP contribution in [0.2, 0.25) is 0 Å². The van der Waals surface area contributed by atoms with E-state index in [0.29, 0.717) is 5.41 Å². The number of morpholine rings is 1. The molecule has 0 radical (unpaired) electrons. The fourth-order valence-corrected chi connectivity index (χ4v) is 5.69. The van der Waals surface area contributed by atoms with Crippen LogP contribution in [0, 0.1) is 5.41 Å². The van der Waals surface area contributed by atoms with Crippen LogP contribution in [0.4, 0.5) is 8.78 Å². The third-order valence-corrected chi connectivity index (χ3v) is 7.41. The standard InChI is InChI=1S/C20H28F2N2O2S/c21-19(22)26-17-1-3-18(4-2-17)27-24-9-7-20(8-10-24)6-5-16(15-20)23-11-13-25-14-12-23/h1-4,16,19H,5-15H2. The van der Waals surface area contributed by atoms with Gasteiger partial charge in [-0.1, -0.05) is 0 Å². The van der Waals surface area contributed by atoms with Gasteiger partial charge in [0.05, 0.1) is 13.2 Å². The molecule has 2 saturated heterocycles. The van der Waals surface area contributed by atoms with E-state index >= 15 is 0 Å². The highest BCUT2D eigenvalue weighted by Crippen LogP contribution is 2.49. The van der Waals surface area contributed by atoms with E-state index in [4.69, 9.17) is 4.74 Å². The van der Waals surface area contributed by atoms with E-state index in [1.165, 1.54) is 32.1 Å². The van der Waals surface area contributed by atoms with Crippen LogP contribution < -0.4 is 4.74 Å². The van der Waals surface area contributed by atoms with Gasteiger partial charge < -0.3 is 9.47 Å². The summed E-state index contributed by atoms with van der Waals surface area (Å²) < 4.78 is 36.8. The van der Waals surface area contributed by atoms with Crippen molar-refractivity contribution in [2.45, 2.75) is 49.7 Å². The van der Waals surface area contributed by atoms with Gasteiger partial charge in [-0.3, -0.25) is 4.90 Å². The molecule has 1 unspecified atom stereocenters. The number of hydrogen-bond acceptors (Lipinski definition) is 5. The molecule has 2 heterocycles. The molecule has 0 N–H and O–H groups in total. The number of halogens is 2. The minimum atomic E-state index is -2.77. The van der Waals surface area contributed by atoms with Gasteiger partial charge in [0.2, 0.25) is 0 Å². The quantitative estimate of drug-likeness (QED) is 0.690. The molecule has 3 fully saturated rings. The molecule has 0 aromatic heterocycles. The zero-order valence-corrected chi connectivity index (χ0v) is 16.4. The Morgan fingerprint density at radius 1 is 1.04 bits per heavy atom. The molecular formula is C20H28F2N2O2S. The predicted octanol–water partition coefficient (Wildman–Crippen LogP) is 4.26. The van der Waals surface area contributed by atoms with Crippen molar-refractivity contribution in [3.05, 3.63) is 24.3 Å². The molecule has 2 aliphatic heterocycles. The Bertz CT molecular complexity index is 603. The Morgan fingerprint density at radius 2 is 1.74 bits per heavy atom. The highest BCUT2D eigenvalue weighted by molar-refractivity contribution is 7.97. The fourth-order valence-electron chi connectivity index (χ4n) is 4.77. The third kappa shape index (κ3) is 4.94. The molecule has 7 heteroatoms. The Kier molecular flexibility index (Phi) is 6.21. The van der Waals surface area contributed by atoms with Crippen molar-refractivity contribution in [2.75, 3.05) is 39.4 Å². The zero-order valence-electron chi connectivity index (χ0n) is 15.6. The van der Waals surface area contributed by atoms with Gasteiger partial charge in [0, 0.05) is 37.1 Å². The molecule has 1 saturated carbocycles. The second-order valence-corrected chi connectivity index (χ2v) is 9.09. The topological polar surface area (TPSA) is 24.9 Å². The van der Waals surface area contributed by atoms with E-state index in [1.807, 2.05) is 12.1 Å². The average Bonchev–Trinajstić information content (AvgIpc) is 3.10. The number of rotatable bonds is 5. The summed E-state index contributed by atoms with van der Waals surface area (Å²) in [5.41, 5.74) is 0.523. The largest absolute Gasteiger partial charge is 0.435 e. The van der Waals surface area contributed by atoms with Gasteiger partial charge >= 0.3 is 6.61 Å². The lowest BCUT2D eigenvalue weighted by atomic mass is 9.77. The van der Waals surface area contributed by atoms with Crippen molar-refractivity contribution in [3.63, 3.8) is 0 Å². The predicted molar refractivity (Wildman–Crippen MR) is 102 cm³/mol. The molecule has 1 aromatic carbocycles. The lowest BCUT2D eigenvalue weighted by Crippen LogP contribution is -2.43. The number of hydrogen-bond donors (Lipinski definition) is 0. The van der Waals surface area contributed by atoms with E-state index in [-0.39, 0.29) is 5.75 Å². The van der Waals surface area contributed by atoms with Crippen LogP contribution in [0.25, 0.3) is 0 Å². The first-order valence-corrected chi connectivity index (χ1v) is 10.7. The van der Waals surface area contributed by atoms with Gasteiger partial charge in [-0.25, -0.2) is 4.31 Å². The van der Waals surface area contributed by atoms with Crippen molar-refractivity contribution < 1.29 is 18.3 Å². The maximum absolute atomic E-state index is 12.2. The van der Waals surface area contributed by atoms with E-state index < -0.39 is 6.61 Å². The molecular weight excluding hydrogens is 370 g/mol. The lowest BCUT2D eigenvalue weighted by molar-refractivity contribution is -0.0498. The minimum absolute atomic E-state index is 0.215. The second-order valence-electron chi connectivity index (χ2n) is 7.92. The number of nitrogens with zero attached hydrogens (tertiary/aromatic N) is 2. The molecule has 4 rings (SSSR count). The molecule has 3 aliphatic rings. The number of alkyl halides is 2. The van der Waals surface area contributed by atoms with E-state index in [2.05, 4.69) is 13.9 Å². The van der Waals surface area contributed by atoms with Crippen LogP contribution in [-0.4, -0.2) is 61.3 Å². The van der Waals surface area contributed by atoms with Gasteiger partial charge in [0.25, 0.3) is 0 Å². The molecule has 0 amide bonds. The van der Waals surface area contributed by atoms with Crippen LogP contribution in [0.1, 0.15) is 32.1 Å². The summed E-state index contributed by atoms with van der Waals surface area (Å²) in [6.07, 6.45) is 6.54. The SMILES string of the molecule is FC(F)Oc1ccc(SN2CCC3(CCC(N4CCOCC4)C3)CC2)cc1. The minimum Gasteiger partial charge on any atom is -0.435 e. The van der Waals surface area contributed by atoms with E-state index in [9.17, 15) is 8.78 Å². The van der Waals surface area contributed by atoms with E-state index in [0.717, 1.165) is 50.3 Å².